The SMILES string of the molecule is COc1ccc(C2=C[C@H](c3ccccc3)[C@H](C(=O)n3ccoc3=O)CS2)cc1. The third kappa shape index (κ3) is 3.55. The molecular weight excluding hydrogens is 374 g/mol. The first-order valence-electron chi connectivity index (χ1n) is 8.91. The molecule has 2 aromatic carbocycles. The van der Waals surface area contributed by atoms with Crippen LogP contribution in [0.1, 0.15) is 21.8 Å². The summed E-state index contributed by atoms with van der Waals surface area (Å²) in [4.78, 5) is 26.0. The molecule has 0 radical (unpaired) electrons. The largest absolute Gasteiger partial charge is 0.497 e. The maximum atomic E-state index is 13.0. The van der Waals surface area contributed by atoms with Crippen LogP contribution in [0, 0.1) is 5.92 Å². The zero-order chi connectivity index (χ0) is 19.5. The molecule has 3 aromatic rings. The molecule has 2 atom stereocenters. The number of benzene rings is 2. The average molecular weight is 393 g/mol. The number of ether oxygens (including phenoxy) is 1. The highest BCUT2D eigenvalue weighted by molar-refractivity contribution is 8.08. The van der Waals surface area contributed by atoms with Gasteiger partial charge in [-0.3, -0.25) is 4.79 Å². The topological polar surface area (TPSA) is 61.4 Å². The molecule has 4 rings (SSSR count). The van der Waals surface area contributed by atoms with Crippen molar-refractivity contribution in [1.29, 1.82) is 0 Å². The van der Waals surface area contributed by atoms with E-state index in [1.807, 2.05) is 54.6 Å². The molecule has 0 spiro atoms. The van der Waals surface area contributed by atoms with E-state index in [1.54, 1.807) is 18.9 Å². The number of hydrogen-bond acceptors (Lipinski definition) is 5. The molecule has 0 saturated heterocycles. The van der Waals surface area contributed by atoms with E-state index in [0.717, 1.165) is 26.3 Å². The van der Waals surface area contributed by atoms with Gasteiger partial charge < -0.3 is 9.15 Å². The molecule has 0 amide bonds. The molecule has 1 aliphatic rings. The zero-order valence-electron chi connectivity index (χ0n) is 15.3. The first kappa shape index (κ1) is 18.4. The van der Waals surface area contributed by atoms with Gasteiger partial charge in [0.2, 0.25) is 5.91 Å². The molecule has 2 heterocycles. The number of carbonyl (C=O) groups excluding carboxylic acids is 1. The van der Waals surface area contributed by atoms with E-state index in [2.05, 4.69) is 6.08 Å². The second-order valence-electron chi connectivity index (χ2n) is 6.49. The minimum atomic E-state index is -0.647. The van der Waals surface area contributed by atoms with Crippen LogP contribution in [0.15, 0.2) is 82.3 Å². The van der Waals surface area contributed by atoms with E-state index in [0.29, 0.717) is 5.75 Å². The summed E-state index contributed by atoms with van der Waals surface area (Å²) in [5.74, 6) is 0.000946. The highest BCUT2D eigenvalue weighted by Crippen LogP contribution is 2.43. The van der Waals surface area contributed by atoms with E-state index < -0.39 is 5.76 Å². The summed E-state index contributed by atoms with van der Waals surface area (Å²) in [7, 11) is 1.64. The number of nitrogens with zero attached hydrogens (tertiary/aromatic N) is 1. The van der Waals surface area contributed by atoms with E-state index in [1.165, 1.54) is 12.5 Å². The summed E-state index contributed by atoms with van der Waals surface area (Å²) >= 11 is 1.62. The molecule has 0 aliphatic carbocycles. The van der Waals surface area contributed by atoms with Crippen LogP contribution in [0.5, 0.6) is 5.75 Å². The van der Waals surface area contributed by atoms with Gasteiger partial charge in [0.15, 0.2) is 0 Å². The lowest BCUT2D eigenvalue weighted by Crippen LogP contribution is -2.34. The number of aromatic nitrogens is 1. The van der Waals surface area contributed by atoms with Gasteiger partial charge in [0, 0.05) is 16.6 Å². The Labute approximate surface area is 166 Å². The van der Waals surface area contributed by atoms with E-state index in [-0.39, 0.29) is 17.7 Å². The first-order valence-corrected chi connectivity index (χ1v) is 9.90. The van der Waals surface area contributed by atoms with Crippen molar-refractivity contribution >= 4 is 22.6 Å². The van der Waals surface area contributed by atoms with E-state index in [4.69, 9.17) is 9.15 Å². The molecule has 0 saturated carbocycles. The van der Waals surface area contributed by atoms with Crippen molar-refractivity contribution < 1.29 is 13.9 Å². The van der Waals surface area contributed by atoms with Crippen LogP contribution in [0.25, 0.3) is 4.91 Å². The van der Waals surface area contributed by atoms with Crippen molar-refractivity contribution in [1.82, 2.24) is 4.57 Å². The van der Waals surface area contributed by atoms with Crippen molar-refractivity contribution in [2.45, 2.75) is 5.92 Å². The lowest BCUT2D eigenvalue weighted by molar-refractivity contribution is 0.0829. The number of methoxy groups -OCH3 is 1. The molecule has 6 heteroatoms. The zero-order valence-corrected chi connectivity index (χ0v) is 16.1. The Bertz CT molecular complexity index is 1050. The van der Waals surface area contributed by atoms with Gasteiger partial charge in [-0.25, -0.2) is 9.36 Å². The summed E-state index contributed by atoms with van der Waals surface area (Å²) in [6.07, 6.45) is 4.76. The quantitative estimate of drug-likeness (QED) is 0.662. The molecule has 28 heavy (non-hydrogen) atoms. The first-order chi connectivity index (χ1) is 13.7. The Morgan fingerprint density at radius 2 is 1.89 bits per heavy atom. The summed E-state index contributed by atoms with van der Waals surface area (Å²) in [5.41, 5.74) is 2.13. The van der Waals surface area contributed by atoms with Gasteiger partial charge >= 0.3 is 5.76 Å². The van der Waals surface area contributed by atoms with Crippen LogP contribution in [0.2, 0.25) is 0 Å². The lowest BCUT2D eigenvalue weighted by Gasteiger charge is -2.29. The van der Waals surface area contributed by atoms with Gasteiger partial charge in [-0.2, -0.15) is 0 Å². The van der Waals surface area contributed by atoms with E-state index in [9.17, 15) is 9.59 Å². The van der Waals surface area contributed by atoms with Gasteiger partial charge in [0.05, 0.1) is 19.2 Å². The molecule has 0 fully saturated rings. The Kier molecular flexibility index (Phi) is 5.21. The molecule has 0 bridgehead atoms. The molecular formula is C22H19NO4S. The molecule has 0 N–H and O–H groups in total. The maximum absolute atomic E-state index is 13.0. The third-order valence-electron chi connectivity index (χ3n) is 4.87. The smallest absolute Gasteiger partial charge is 0.425 e. The van der Waals surface area contributed by atoms with Crippen molar-refractivity contribution in [3.05, 3.63) is 94.8 Å². The van der Waals surface area contributed by atoms with Crippen LogP contribution in [0.3, 0.4) is 0 Å². The number of rotatable bonds is 4. The second kappa shape index (κ2) is 7.94. The molecule has 0 unspecified atom stereocenters. The fourth-order valence-corrected chi connectivity index (χ4v) is 4.64. The van der Waals surface area contributed by atoms with Gasteiger partial charge in [-0.05, 0) is 23.3 Å². The minimum Gasteiger partial charge on any atom is -0.497 e. The van der Waals surface area contributed by atoms with Gasteiger partial charge in [0.1, 0.15) is 12.0 Å². The predicted octanol–water partition coefficient (Wildman–Crippen LogP) is 4.28. The molecule has 1 aliphatic heterocycles. The minimum absolute atomic E-state index is 0.131. The third-order valence-corrected chi connectivity index (χ3v) is 6.08. The van der Waals surface area contributed by atoms with Crippen LogP contribution in [-0.2, 0) is 0 Å². The molecule has 142 valence electrons. The molecule has 5 nitrogen and oxygen atoms in total. The maximum Gasteiger partial charge on any atom is 0.425 e. The average Bonchev–Trinajstić information content (AvgIpc) is 3.19. The van der Waals surface area contributed by atoms with Gasteiger partial charge in [-0.15, -0.1) is 11.8 Å². The van der Waals surface area contributed by atoms with Crippen LogP contribution in [-0.4, -0.2) is 23.3 Å². The Balaban J connectivity index is 1.72. The van der Waals surface area contributed by atoms with Crippen LogP contribution >= 0.6 is 11.8 Å². The number of carbonyl (C=O) groups is 1. The highest BCUT2D eigenvalue weighted by Gasteiger charge is 2.34. The normalized spacial score (nSPS) is 19.1. The van der Waals surface area contributed by atoms with Crippen molar-refractivity contribution in [2.75, 3.05) is 12.9 Å². The Morgan fingerprint density at radius 1 is 1.14 bits per heavy atom. The summed E-state index contributed by atoms with van der Waals surface area (Å²) < 4.78 is 11.1. The van der Waals surface area contributed by atoms with Crippen molar-refractivity contribution in [2.24, 2.45) is 5.92 Å². The van der Waals surface area contributed by atoms with Crippen molar-refractivity contribution in [3.63, 3.8) is 0 Å². The number of thioether (sulfide) groups is 1. The van der Waals surface area contributed by atoms with Gasteiger partial charge in [-0.1, -0.05) is 48.5 Å². The fraction of sp³-hybridized carbons (Fsp3) is 0.182. The van der Waals surface area contributed by atoms with Gasteiger partial charge in [0.25, 0.3) is 0 Å². The van der Waals surface area contributed by atoms with Crippen LogP contribution in [0.4, 0.5) is 0 Å². The fourth-order valence-electron chi connectivity index (χ4n) is 3.38. The predicted molar refractivity (Wildman–Crippen MR) is 110 cm³/mol. The van der Waals surface area contributed by atoms with E-state index >= 15 is 0 Å². The Hall–Kier alpha value is -2.99. The second-order valence-corrected chi connectivity index (χ2v) is 7.55. The lowest BCUT2D eigenvalue weighted by atomic mass is 9.85. The summed E-state index contributed by atoms with van der Waals surface area (Å²) in [6, 6.07) is 17.8. The highest BCUT2D eigenvalue weighted by atomic mass is 32.2. The van der Waals surface area contributed by atoms with Crippen molar-refractivity contribution in [3.8, 4) is 5.75 Å². The number of allylic oxidation sites excluding steroid dienone is 1. The summed E-state index contributed by atoms with van der Waals surface area (Å²) in [5, 5.41) is 0. The Morgan fingerprint density at radius 3 is 2.54 bits per heavy atom. The monoisotopic (exact) mass is 393 g/mol. The standard InChI is InChI=1S/C22H19NO4S/c1-26-17-9-7-16(8-10-17)20-13-18(15-5-3-2-4-6-15)19(14-28-20)21(24)23-11-12-27-22(23)25/h2-13,18-19H,14H2,1H3/t18-,19-/m1/s1. The number of oxazole rings is 1. The number of hydrogen-bond donors (Lipinski definition) is 0. The summed E-state index contributed by atoms with van der Waals surface area (Å²) in [6.45, 7) is 0. The molecule has 1 aromatic heterocycles. The van der Waals surface area contributed by atoms with Crippen LogP contribution < -0.4 is 10.5 Å².